The van der Waals surface area contributed by atoms with Gasteiger partial charge in [0.05, 0.1) is 6.54 Å². The van der Waals surface area contributed by atoms with Crippen LogP contribution < -0.4 is 5.32 Å². The monoisotopic (exact) mass is 408 g/mol. The van der Waals surface area contributed by atoms with E-state index in [-0.39, 0.29) is 18.5 Å². The highest BCUT2D eigenvalue weighted by molar-refractivity contribution is 9.10. The first-order valence-electron chi connectivity index (χ1n) is 8.36. The zero-order valence-corrected chi connectivity index (χ0v) is 15.8. The molecule has 0 saturated carbocycles. The van der Waals surface area contributed by atoms with Crippen molar-refractivity contribution in [1.29, 1.82) is 0 Å². The molecular weight excluding hydrogens is 392 g/mol. The number of carbonyl (C=O) groups excluding carboxylic acids is 2. The molecule has 3 aromatic carbocycles. The van der Waals surface area contributed by atoms with E-state index in [1.165, 1.54) is 4.90 Å². The number of carbonyl (C=O) groups is 2. The maximum absolute atomic E-state index is 13.2. The lowest BCUT2D eigenvalue weighted by Crippen LogP contribution is -2.41. The van der Waals surface area contributed by atoms with Gasteiger partial charge in [-0.05, 0) is 41.0 Å². The summed E-state index contributed by atoms with van der Waals surface area (Å²) in [7, 11) is 0. The number of halogens is 1. The van der Waals surface area contributed by atoms with Crippen LogP contribution in [0, 0.1) is 0 Å². The topological polar surface area (TPSA) is 49.4 Å². The molecule has 1 atom stereocenters. The fourth-order valence-corrected chi connectivity index (χ4v) is 3.95. The van der Waals surface area contributed by atoms with Crippen molar-refractivity contribution >= 4 is 38.6 Å². The van der Waals surface area contributed by atoms with Crippen molar-refractivity contribution in [2.24, 2.45) is 0 Å². The van der Waals surface area contributed by atoms with E-state index in [9.17, 15) is 9.59 Å². The van der Waals surface area contributed by atoms with Gasteiger partial charge in [0.1, 0.15) is 5.54 Å². The number of nitrogens with zero attached hydrogens (tertiary/aromatic N) is 1. The predicted molar refractivity (Wildman–Crippen MR) is 105 cm³/mol. The second-order valence-electron chi connectivity index (χ2n) is 6.60. The van der Waals surface area contributed by atoms with E-state index in [0.29, 0.717) is 0 Å². The van der Waals surface area contributed by atoms with Crippen molar-refractivity contribution in [2.45, 2.75) is 19.0 Å². The third kappa shape index (κ3) is 2.69. The van der Waals surface area contributed by atoms with E-state index in [1.54, 1.807) is 6.92 Å². The number of rotatable bonds is 3. The summed E-state index contributed by atoms with van der Waals surface area (Å²) in [6.45, 7) is 2.01. The van der Waals surface area contributed by atoms with Crippen molar-refractivity contribution < 1.29 is 9.59 Å². The Morgan fingerprint density at radius 2 is 1.73 bits per heavy atom. The Labute approximate surface area is 159 Å². The molecule has 1 fully saturated rings. The van der Waals surface area contributed by atoms with Gasteiger partial charge in [-0.15, -0.1) is 0 Å². The lowest BCUT2D eigenvalue weighted by Gasteiger charge is -2.24. The summed E-state index contributed by atoms with van der Waals surface area (Å²) < 4.78 is 0.916. The fraction of sp³-hybridized carbons (Fsp3) is 0.143. The molecule has 3 amide bonds. The van der Waals surface area contributed by atoms with Crippen LogP contribution in [0.15, 0.2) is 71.2 Å². The fourth-order valence-electron chi connectivity index (χ4n) is 3.50. The van der Waals surface area contributed by atoms with Crippen LogP contribution in [-0.4, -0.2) is 16.8 Å². The molecule has 1 aliphatic heterocycles. The number of amides is 3. The van der Waals surface area contributed by atoms with Gasteiger partial charge in [0.2, 0.25) is 0 Å². The molecular formula is C21H17BrN2O2. The molecule has 0 bridgehead atoms. The van der Waals surface area contributed by atoms with Gasteiger partial charge in [-0.2, -0.15) is 0 Å². The van der Waals surface area contributed by atoms with Gasteiger partial charge < -0.3 is 5.32 Å². The highest BCUT2D eigenvalue weighted by Crippen LogP contribution is 2.34. The largest absolute Gasteiger partial charge is 0.325 e. The number of imide groups is 1. The first-order valence-corrected chi connectivity index (χ1v) is 9.15. The number of hydrogen-bond donors (Lipinski definition) is 1. The zero-order chi connectivity index (χ0) is 18.3. The summed E-state index contributed by atoms with van der Waals surface area (Å²) in [5.41, 5.74) is 0.625. The van der Waals surface area contributed by atoms with Gasteiger partial charge in [-0.25, -0.2) is 4.79 Å². The van der Waals surface area contributed by atoms with Crippen molar-refractivity contribution in [1.82, 2.24) is 10.2 Å². The molecule has 1 saturated heterocycles. The van der Waals surface area contributed by atoms with Crippen LogP contribution in [0.5, 0.6) is 0 Å². The van der Waals surface area contributed by atoms with Gasteiger partial charge in [0, 0.05) is 4.47 Å². The number of hydrogen-bond acceptors (Lipinski definition) is 2. The number of nitrogens with one attached hydrogen (secondary N) is 1. The molecule has 0 aromatic heterocycles. The van der Waals surface area contributed by atoms with Crippen LogP contribution in [0.3, 0.4) is 0 Å². The van der Waals surface area contributed by atoms with Crippen LogP contribution in [0.1, 0.15) is 18.1 Å². The lowest BCUT2D eigenvalue weighted by atomic mass is 9.88. The van der Waals surface area contributed by atoms with Crippen molar-refractivity contribution in [3.05, 3.63) is 82.3 Å². The highest BCUT2D eigenvalue weighted by Gasteiger charge is 2.49. The van der Waals surface area contributed by atoms with Crippen molar-refractivity contribution in [3.8, 4) is 0 Å². The van der Waals surface area contributed by atoms with E-state index in [2.05, 4.69) is 21.2 Å². The molecule has 4 rings (SSSR count). The molecule has 4 nitrogen and oxygen atoms in total. The standard InChI is InChI=1S/C21H17BrN2O2/c1-21(18-11-5-8-15-7-2-3-10-17(15)18)19(25)24(20(26)23-21)13-14-6-4-9-16(22)12-14/h2-12H,13H2,1H3,(H,23,26). The average molecular weight is 409 g/mol. The zero-order valence-electron chi connectivity index (χ0n) is 14.2. The number of fused-ring (bicyclic) bond motifs is 1. The summed E-state index contributed by atoms with van der Waals surface area (Å²) in [5, 5.41) is 4.91. The SMILES string of the molecule is CC1(c2cccc3ccccc23)NC(=O)N(Cc2cccc(Br)c2)C1=O. The summed E-state index contributed by atoms with van der Waals surface area (Å²) in [5.74, 6) is -0.237. The molecule has 0 aliphatic carbocycles. The van der Waals surface area contributed by atoms with Gasteiger partial charge in [-0.1, -0.05) is 70.5 Å². The Morgan fingerprint density at radius 3 is 2.54 bits per heavy atom. The molecule has 1 unspecified atom stereocenters. The summed E-state index contributed by atoms with van der Waals surface area (Å²) in [6.07, 6.45) is 0. The number of benzene rings is 3. The first kappa shape index (κ1) is 16.8. The second kappa shape index (κ2) is 6.25. The quantitative estimate of drug-likeness (QED) is 0.645. The molecule has 0 spiro atoms. The molecule has 3 aromatic rings. The maximum atomic E-state index is 13.2. The summed E-state index contributed by atoms with van der Waals surface area (Å²) in [6, 6.07) is 21.0. The molecule has 1 aliphatic rings. The predicted octanol–water partition coefficient (Wildman–Crippen LogP) is 4.57. The Bertz CT molecular complexity index is 1030. The minimum absolute atomic E-state index is 0.237. The average Bonchev–Trinajstić information content (AvgIpc) is 2.85. The van der Waals surface area contributed by atoms with Gasteiger partial charge in [0.25, 0.3) is 5.91 Å². The van der Waals surface area contributed by atoms with E-state index in [4.69, 9.17) is 0 Å². The summed E-state index contributed by atoms with van der Waals surface area (Å²) in [4.78, 5) is 27.1. The highest BCUT2D eigenvalue weighted by atomic mass is 79.9. The third-order valence-electron chi connectivity index (χ3n) is 4.83. The van der Waals surface area contributed by atoms with Crippen LogP contribution in [-0.2, 0) is 16.9 Å². The van der Waals surface area contributed by atoms with Crippen LogP contribution in [0.25, 0.3) is 10.8 Å². The molecule has 0 radical (unpaired) electrons. The van der Waals surface area contributed by atoms with Crippen molar-refractivity contribution in [2.75, 3.05) is 0 Å². The Hall–Kier alpha value is -2.66. The molecule has 1 heterocycles. The Balaban J connectivity index is 1.73. The van der Waals surface area contributed by atoms with Gasteiger partial charge in [-0.3, -0.25) is 9.69 Å². The minimum Gasteiger partial charge on any atom is -0.319 e. The van der Waals surface area contributed by atoms with Gasteiger partial charge in [0.15, 0.2) is 0 Å². The Morgan fingerprint density at radius 1 is 1.00 bits per heavy atom. The molecule has 1 N–H and O–H groups in total. The lowest BCUT2D eigenvalue weighted by molar-refractivity contribution is -0.131. The normalized spacial score (nSPS) is 19.8. The molecule has 130 valence electrons. The van der Waals surface area contributed by atoms with Gasteiger partial charge >= 0.3 is 6.03 Å². The summed E-state index contributed by atoms with van der Waals surface area (Å²) >= 11 is 3.42. The minimum atomic E-state index is -1.08. The maximum Gasteiger partial charge on any atom is 0.325 e. The van der Waals surface area contributed by atoms with E-state index >= 15 is 0 Å². The second-order valence-corrected chi connectivity index (χ2v) is 7.52. The Kier molecular flexibility index (Phi) is 4.04. The van der Waals surface area contributed by atoms with Crippen LogP contribution in [0.4, 0.5) is 4.79 Å². The van der Waals surface area contributed by atoms with Crippen LogP contribution >= 0.6 is 15.9 Å². The smallest absolute Gasteiger partial charge is 0.319 e. The molecule has 26 heavy (non-hydrogen) atoms. The van der Waals surface area contributed by atoms with Crippen LogP contribution in [0.2, 0.25) is 0 Å². The first-order chi connectivity index (χ1) is 12.5. The van der Waals surface area contributed by atoms with E-state index in [1.807, 2.05) is 66.7 Å². The van der Waals surface area contributed by atoms with Crippen molar-refractivity contribution in [3.63, 3.8) is 0 Å². The third-order valence-corrected chi connectivity index (χ3v) is 5.33. The van der Waals surface area contributed by atoms with E-state index < -0.39 is 5.54 Å². The number of urea groups is 1. The molecule has 5 heteroatoms. The van der Waals surface area contributed by atoms with E-state index in [0.717, 1.165) is 26.4 Å².